The monoisotopic (exact) mass is 396 g/mol. The summed E-state index contributed by atoms with van der Waals surface area (Å²) in [6.45, 7) is 4.59. The van der Waals surface area contributed by atoms with Crippen molar-refractivity contribution in [2.75, 3.05) is 11.9 Å². The van der Waals surface area contributed by atoms with Gasteiger partial charge in [0.25, 0.3) is 5.91 Å². The van der Waals surface area contributed by atoms with Gasteiger partial charge in [-0.1, -0.05) is 20.3 Å². The fraction of sp³-hybridized carbons (Fsp3) is 0.304. The van der Waals surface area contributed by atoms with E-state index in [1.54, 1.807) is 6.20 Å². The van der Waals surface area contributed by atoms with E-state index >= 15 is 0 Å². The van der Waals surface area contributed by atoms with Crippen LogP contribution in [0.1, 0.15) is 33.1 Å². The average molecular weight is 396 g/mol. The van der Waals surface area contributed by atoms with E-state index in [0.717, 1.165) is 18.2 Å². The first-order chi connectivity index (χ1) is 14.1. The second kappa shape index (κ2) is 9.87. The molecule has 1 aromatic heterocycles. The third-order valence-electron chi connectivity index (χ3n) is 4.50. The number of rotatable bonds is 9. The predicted molar refractivity (Wildman–Crippen MR) is 112 cm³/mol. The number of ether oxygens (including phenoxy) is 2. The van der Waals surface area contributed by atoms with E-state index in [2.05, 4.69) is 17.2 Å². The Morgan fingerprint density at radius 2 is 1.93 bits per heavy atom. The SMILES string of the molecule is CCCCOc1ccc(NC(=O)C(CC)Oc2ccc(F)cc2)c2cccnc12. The molecule has 152 valence electrons. The molecule has 0 aliphatic heterocycles. The highest BCUT2D eigenvalue weighted by molar-refractivity contribution is 6.04. The molecule has 3 aromatic rings. The van der Waals surface area contributed by atoms with Crippen molar-refractivity contribution in [3.05, 3.63) is 60.5 Å². The number of hydrogen-bond donors (Lipinski definition) is 1. The van der Waals surface area contributed by atoms with Crippen molar-refractivity contribution < 1.29 is 18.7 Å². The normalized spacial score (nSPS) is 11.8. The minimum atomic E-state index is -0.701. The Labute approximate surface area is 169 Å². The number of pyridine rings is 1. The van der Waals surface area contributed by atoms with Gasteiger partial charge in [-0.3, -0.25) is 9.78 Å². The molecule has 0 radical (unpaired) electrons. The van der Waals surface area contributed by atoms with Gasteiger partial charge in [-0.05, 0) is 61.4 Å². The van der Waals surface area contributed by atoms with Crippen LogP contribution in [0.25, 0.3) is 10.9 Å². The third-order valence-corrected chi connectivity index (χ3v) is 4.50. The molecule has 1 atom stereocenters. The van der Waals surface area contributed by atoms with Crippen LogP contribution in [0.5, 0.6) is 11.5 Å². The number of benzene rings is 2. The van der Waals surface area contributed by atoms with Crippen LogP contribution in [0, 0.1) is 5.82 Å². The number of fused-ring (bicyclic) bond motifs is 1. The molecule has 3 rings (SSSR count). The number of hydrogen-bond acceptors (Lipinski definition) is 4. The standard InChI is InChI=1S/C23H25FN2O3/c1-3-5-15-28-21-13-12-19(18-7-6-14-25-22(18)21)26-23(27)20(4-2)29-17-10-8-16(24)9-11-17/h6-14,20H,3-5,15H2,1-2H3,(H,26,27). The molecule has 1 heterocycles. The van der Waals surface area contributed by atoms with Crippen LogP contribution in [-0.4, -0.2) is 23.6 Å². The Hall–Kier alpha value is -3.15. The second-order valence-electron chi connectivity index (χ2n) is 6.67. The van der Waals surface area contributed by atoms with Crippen molar-refractivity contribution in [3.8, 4) is 11.5 Å². The van der Waals surface area contributed by atoms with E-state index in [4.69, 9.17) is 9.47 Å². The van der Waals surface area contributed by atoms with E-state index in [1.807, 2.05) is 31.2 Å². The van der Waals surface area contributed by atoms with Gasteiger partial charge in [0, 0.05) is 11.6 Å². The summed E-state index contributed by atoms with van der Waals surface area (Å²) in [5, 5.41) is 3.73. The van der Waals surface area contributed by atoms with Crippen LogP contribution in [0.2, 0.25) is 0 Å². The van der Waals surface area contributed by atoms with Crippen molar-refractivity contribution >= 4 is 22.5 Å². The zero-order valence-electron chi connectivity index (χ0n) is 16.7. The number of nitrogens with zero attached hydrogens (tertiary/aromatic N) is 1. The van der Waals surface area contributed by atoms with Gasteiger partial charge in [-0.15, -0.1) is 0 Å². The third kappa shape index (κ3) is 5.22. The molecule has 0 aliphatic rings. The van der Waals surface area contributed by atoms with Crippen molar-refractivity contribution in [1.82, 2.24) is 4.98 Å². The lowest BCUT2D eigenvalue weighted by atomic mass is 10.1. The Bertz CT molecular complexity index is 960. The molecule has 29 heavy (non-hydrogen) atoms. The van der Waals surface area contributed by atoms with E-state index in [0.29, 0.717) is 35.7 Å². The highest BCUT2D eigenvalue weighted by Crippen LogP contribution is 2.30. The predicted octanol–water partition coefficient (Wildman–Crippen LogP) is 5.35. The first-order valence-electron chi connectivity index (χ1n) is 9.86. The largest absolute Gasteiger partial charge is 0.491 e. The number of unbranched alkanes of at least 4 members (excludes halogenated alkanes) is 1. The molecular weight excluding hydrogens is 371 g/mol. The van der Waals surface area contributed by atoms with Gasteiger partial charge in [-0.25, -0.2) is 4.39 Å². The maximum atomic E-state index is 13.1. The fourth-order valence-electron chi connectivity index (χ4n) is 2.91. The maximum Gasteiger partial charge on any atom is 0.265 e. The molecule has 0 spiro atoms. The molecule has 6 heteroatoms. The van der Waals surface area contributed by atoms with Crippen molar-refractivity contribution in [2.45, 2.75) is 39.2 Å². The summed E-state index contributed by atoms with van der Waals surface area (Å²) in [5.41, 5.74) is 1.34. The van der Waals surface area contributed by atoms with Gasteiger partial charge >= 0.3 is 0 Å². The minimum absolute atomic E-state index is 0.276. The lowest BCUT2D eigenvalue weighted by Crippen LogP contribution is -2.32. The van der Waals surface area contributed by atoms with E-state index in [1.165, 1.54) is 24.3 Å². The maximum absolute atomic E-state index is 13.1. The second-order valence-corrected chi connectivity index (χ2v) is 6.67. The van der Waals surface area contributed by atoms with Gasteiger partial charge < -0.3 is 14.8 Å². The summed E-state index contributed by atoms with van der Waals surface area (Å²) < 4.78 is 24.7. The molecule has 0 saturated heterocycles. The van der Waals surface area contributed by atoms with Gasteiger partial charge in [0.2, 0.25) is 0 Å². The molecular formula is C23H25FN2O3. The topological polar surface area (TPSA) is 60.5 Å². The first kappa shape index (κ1) is 20.6. The smallest absolute Gasteiger partial charge is 0.265 e. The molecule has 0 saturated carbocycles. The van der Waals surface area contributed by atoms with Gasteiger partial charge in [0.15, 0.2) is 6.10 Å². The van der Waals surface area contributed by atoms with Crippen molar-refractivity contribution in [2.24, 2.45) is 0 Å². The number of aromatic nitrogens is 1. The summed E-state index contributed by atoms with van der Waals surface area (Å²) in [6.07, 6.45) is 3.48. The van der Waals surface area contributed by atoms with Gasteiger partial charge in [0.1, 0.15) is 22.8 Å². The summed E-state index contributed by atoms with van der Waals surface area (Å²) in [5.74, 6) is 0.512. The van der Waals surface area contributed by atoms with E-state index in [9.17, 15) is 9.18 Å². The van der Waals surface area contributed by atoms with Gasteiger partial charge in [0.05, 0.1) is 12.3 Å². The summed E-state index contributed by atoms with van der Waals surface area (Å²) >= 11 is 0. The molecule has 0 bridgehead atoms. The fourth-order valence-corrected chi connectivity index (χ4v) is 2.91. The number of carbonyl (C=O) groups excluding carboxylic acids is 1. The first-order valence-corrected chi connectivity index (χ1v) is 9.86. The van der Waals surface area contributed by atoms with E-state index in [-0.39, 0.29) is 11.7 Å². The summed E-state index contributed by atoms with van der Waals surface area (Å²) in [6, 6.07) is 13.0. The van der Waals surface area contributed by atoms with Crippen LogP contribution < -0.4 is 14.8 Å². The quantitative estimate of drug-likeness (QED) is 0.496. The van der Waals surface area contributed by atoms with Crippen LogP contribution in [-0.2, 0) is 4.79 Å². The number of nitrogens with one attached hydrogen (secondary N) is 1. The summed E-state index contributed by atoms with van der Waals surface area (Å²) in [4.78, 5) is 17.2. The Kier molecular flexibility index (Phi) is 7.00. The minimum Gasteiger partial charge on any atom is -0.491 e. The van der Waals surface area contributed by atoms with Crippen LogP contribution in [0.4, 0.5) is 10.1 Å². The number of amides is 1. The zero-order chi connectivity index (χ0) is 20.6. The lowest BCUT2D eigenvalue weighted by Gasteiger charge is -2.18. The molecule has 2 aromatic carbocycles. The summed E-state index contributed by atoms with van der Waals surface area (Å²) in [7, 11) is 0. The molecule has 0 fully saturated rings. The number of anilines is 1. The van der Waals surface area contributed by atoms with Crippen molar-refractivity contribution in [1.29, 1.82) is 0 Å². The highest BCUT2D eigenvalue weighted by atomic mass is 19.1. The Balaban J connectivity index is 1.78. The molecule has 5 nitrogen and oxygen atoms in total. The van der Waals surface area contributed by atoms with E-state index < -0.39 is 6.10 Å². The Morgan fingerprint density at radius 1 is 1.14 bits per heavy atom. The van der Waals surface area contributed by atoms with Gasteiger partial charge in [-0.2, -0.15) is 0 Å². The Morgan fingerprint density at radius 3 is 2.66 bits per heavy atom. The molecule has 0 aliphatic carbocycles. The van der Waals surface area contributed by atoms with Crippen LogP contribution >= 0.6 is 0 Å². The molecule has 1 N–H and O–H groups in total. The van der Waals surface area contributed by atoms with Crippen LogP contribution in [0.15, 0.2) is 54.7 Å². The highest BCUT2D eigenvalue weighted by Gasteiger charge is 2.20. The number of carbonyl (C=O) groups is 1. The molecule has 1 unspecified atom stereocenters. The van der Waals surface area contributed by atoms with Crippen molar-refractivity contribution in [3.63, 3.8) is 0 Å². The molecule has 1 amide bonds. The number of halogens is 1. The van der Waals surface area contributed by atoms with Crippen LogP contribution in [0.3, 0.4) is 0 Å². The zero-order valence-corrected chi connectivity index (χ0v) is 16.7. The lowest BCUT2D eigenvalue weighted by molar-refractivity contribution is -0.122. The average Bonchev–Trinajstić information content (AvgIpc) is 2.74.